The number of aromatic nitrogens is 1. The molecule has 3 nitrogen and oxygen atoms in total. The lowest BCUT2D eigenvalue weighted by molar-refractivity contribution is 0.0698. The average molecular weight is 367 g/mol. The van der Waals surface area contributed by atoms with Crippen molar-refractivity contribution in [1.29, 1.82) is 0 Å². The van der Waals surface area contributed by atoms with E-state index in [0.29, 0.717) is 37.2 Å². The molecule has 2 aromatic carbocycles. The van der Waals surface area contributed by atoms with Gasteiger partial charge in [-0.2, -0.15) is 0 Å². The van der Waals surface area contributed by atoms with E-state index >= 15 is 0 Å². The van der Waals surface area contributed by atoms with E-state index in [4.69, 9.17) is 34.8 Å². The Bertz CT molecular complexity index is 937. The van der Waals surface area contributed by atoms with Gasteiger partial charge in [0.15, 0.2) is 0 Å². The Morgan fingerprint density at radius 2 is 1.70 bits per heavy atom. The molecule has 0 amide bonds. The highest BCUT2D eigenvalue weighted by Gasteiger charge is 2.20. The summed E-state index contributed by atoms with van der Waals surface area (Å²) in [5.74, 6) is -1.05. The third-order valence-electron chi connectivity index (χ3n) is 3.58. The van der Waals surface area contributed by atoms with Crippen LogP contribution in [0.3, 0.4) is 0 Å². The Balaban J connectivity index is 2.42. The monoisotopic (exact) mass is 365 g/mol. The van der Waals surface area contributed by atoms with Crippen LogP contribution < -0.4 is 0 Å². The van der Waals surface area contributed by atoms with Crippen molar-refractivity contribution in [2.75, 3.05) is 0 Å². The molecule has 3 aromatic rings. The maximum Gasteiger partial charge on any atom is 0.336 e. The minimum absolute atomic E-state index is 0.143. The molecule has 0 atom stereocenters. The molecule has 1 heterocycles. The van der Waals surface area contributed by atoms with Crippen molar-refractivity contribution in [3.05, 3.63) is 62.6 Å². The number of hydrogen-bond donors (Lipinski definition) is 1. The number of pyridine rings is 1. The number of carboxylic acid groups (broad SMARTS) is 1. The molecule has 23 heavy (non-hydrogen) atoms. The normalized spacial score (nSPS) is 11.0. The smallest absolute Gasteiger partial charge is 0.336 e. The second kappa shape index (κ2) is 6.00. The van der Waals surface area contributed by atoms with E-state index in [-0.39, 0.29) is 5.56 Å². The largest absolute Gasteiger partial charge is 0.478 e. The molecule has 0 saturated heterocycles. The van der Waals surface area contributed by atoms with Gasteiger partial charge in [0.2, 0.25) is 0 Å². The lowest BCUT2D eigenvalue weighted by atomic mass is 9.98. The lowest BCUT2D eigenvalue weighted by Gasteiger charge is -2.13. The van der Waals surface area contributed by atoms with Crippen LogP contribution in [0.1, 0.15) is 15.9 Å². The van der Waals surface area contributed by atoms with Gasteiger partial charge in [-0.1, -0.05) is 46.9 Å². The van der Waals surface area contributed by atoms with Gasteiger partial charge >= 0.3 is 5.97 Å². The van der Waals surface area contributed by atoms with Crippen molar-refractivity contribution >= 4 is 51.7 Å². The Hall–Kier alpha value is -1.81. The first-order valence-corrected chi connectivity index (χ1v) is 7.80. The second-order valence-corrected chi connectivity index (χ2v) is 6.34. The zero-order valence-corrected chi connectivity index (χ0v) is 14.2. The first-order valence-electron chi connectivity index (χ1n) is 6.67. The highest BCUT2D eigenvalue weighted by atomic mass is 35.5. The van der Waals surface area contributed by atoms with Gasteiger partial charge in [0.25, 0.3) is 0 Å². The van der Waals surface area contributed by atoms with Crippen LogP contribution in [0.4, 0.5) is 0 Å². The van der Waals surface area contributed by atoms with Gasteiger partial charge in [-0.3, -0.25) is 0 Å². The molecule has 3 rings (SSSR count). The number of carboxylic acids is 1. The molecule has 116 valence electrons. The zero-order valence-electron chi connectivity index (χ0n) is 11.9. The predicted octanol–water partition coefficient (Wildman–Crippen LogP) is 5.87. The van der Waals surface area contributed by atoms with Crippen LogP contribution >= 0.6 is 34.8 Å². The topological polar surface area (TPSA) is 50.2 Å². The Morgan fingerprint density at radius 3 is 2.30 bits per heavy atom. The number of nitrogens with zero attached hydrogens (tertiary/aromatic N) is 1. The fourth-order valence-corrected chi connectivity index (χ4v) is 3.21. The molecule has 0 saturated carbocycles. The van der Waals surface area contributed by atoms with Crippen molar-refractivity contribution in [3.8, 4) is 11.3 Å². The summed E-state index contributed by atoms with van der Waals surface area (Å²) in [6, 6.07) is 10.2. The molecule has 0 spiro atoms. The minimum Gasteiger partial charge on any atom is -0.478 e. The van der Waals surface area contributed by atoms with Gasteiger partial charge in [0.05, 0.1) is 21.8 Å². The maximum absolute atomic E-state index is 11.8. The van der Waals surface area contributed by atoms with E-state index in [9.17, 15) is 9.90 Å². The molecule has 6 heteroatoms. The van der Waals surface area contributed by atoms with Gasteiger partial charge in [0.1, 0.15) is 0 Å². The number of fused-ring (bicyclic) bond motifs is 1. The number of halogens is 3. The van der Waals surface area contributed by atoms with Gasteiger partial charge in [-0.25, -0.2) is 9.78 Å². The molecule has 0 aliphatic rings. The summed E-state index contributed by atoms with van der Waals surface area (Å²) >= 11 is 18.1. The van der Waals surface area contributed by atoms with E-state index < -0.39 is 5.97 Å². The molecule has 1 N–H and O–H groups in total. The van der Waals surface area contributed by atoms with Crippen LogP contribution in [0, 0.1) is 6.92 Å². The van der Waals surface area contributed by atoms with Crippen molar-refractivity contribution in [3.63, 3.8) is 0 Å². The van der Waals surface area contributed by atoms with Gasteiger partial charge < -0.3 is 5.11 Å². The van der Waals surface area contributed by atoms with Crippen LogP contribution in [-0.4, -0.2) is 16.1 Å². The predicted molar refractivity (Wildman–Crippen MR) is 93.9 cm³/mol. The highest BCUT2D eigenvalue weighted by molar-refractivity contribution is 6.38. The number of hydrogen-bond acceptors (Lipinski definition) is 2. The zero-order chi connectivity index (χ0) is 16.7. The molecule has 0 radical (unpaired) electrons. The summed E-state index contributed by atoms with van der Waals surface area (Å²) in [6.45, 7) is 1.72. The molecular formula is C17H10Cl3NO2. The number of rotatable bonds is 2. The van der Waals surface area contributed by atoms with Crippen molar-refractivity contribution in [2.24, 2.45) is 0 Å². The van der Waals surface area contributed by atoms with E-state index in [1.165, 1.54) is 0 Å². The summed E-state index contributed by atoms with van der Waals surface area (Å²) in [7, 11) is 0. The number of benzene rings is 2. The van der Waals surface area contributed by atoms with Gasteiger partial charge in [-0.05, 0) is 36.8 Å². The van der Waals surface area contributed by atoms with Crippen LogP contribution in [-0.2, 0) is 0 Å². The third kappa shape index (κ3) is 2.88. The van der Waals surface area contributed by atoms with E-state index in [1.54, 1.807) is 43.3 Å². The van der Waals surface area contributed by atoms with Crippen LogP contribution in [0.2, 0.25) is 15.1 Å². The maximum atomic E-state index is 11.8. The molecule has 0 unspecified atom stereocenters. The second-order valence-electron chi connectivity index (χ2n) is 5.06. The first-order chi connectivity index (χ1) is 10.9. The van der Waals surface area contributed by atoms with Crippen molar-refractivity contribution < 1.29 is 9.90 Å². The standard InChI is InChI=1S/C17H10Cl3NO2/c1-8-14(17(22)23)12-6-11(19)7-13(20)16(12)21-15(8)9-2-4-10(18)5-3-9/h2-7H,1H3,(H,22,23). The molecule has 0 aliphatic heterocycles. The first kappa shape index (κ1) is 16.1. The molecule has 0 fully saturated rings. The molecule has 0 bridgehead atoms. The van der Waals surface area contributed by atoms with Crippen LogP contribution in [0.15, 0.2) is 36.4 Å². The quantitative estimate of drug-likeness (QED) is 0.617. The molecule has 0 aliphatic carbocycles. The van der Waals surface area contributed by atoms with Crippen molar-refractivity contribution in [2.45, 2.75) is 6.92 Å². The fourth-order valence-electron chi connectivity index (χ4n) is 2.55. The number of aromatic carboxylic acids is 1. The van der Waals surface area contributed by atoms with Crippen LogP contribution in [0.25, 0.3) is 22.2 Å². The number of carbonyl (C=O) groups is 1. The minimum atomic E-state index is -1.05. The van der Waals surface area contributed by atoms with E-state index in [2.05, 4.69) is 4.98 Å². The lowest BCUT2D eigenvalue weighted by Crippen LogP contribution is -2.05. The summed E-state index contributed by atoms with van der Waals surface area (Å²) in [4.78, 5) is 16.3. The summed E-state index contributed by atoms with van der Waals surface area (Å²) in [5, 5.41) is 11.3. The van der Waals surface area contributed by atoms with E-state index in [0.717, 1.165) is 5.56 Å². The summed E-state index contributed by atoms with van der Waals surface area (Å²) in [6.07, 6.45) is 0. The van der Waals surface area contributed by atoms with Gasteiger partial charge in [0, 0.05) is 21.0 Å². The highest BCUT2D eigenvalue weighted by Crippen LogP contribution is 2.35. The molecular weight excluding hydrogens is 357 g/mol. The van der Waals surface area contributed by atoms with Gasteiger partial charge in [-0.15, -0.1) is 0 Å². The SMILES string of the molecule is Cc1c(-c2ccc(Cl)cc2)nc2c(Cl)cc(Cl)cc2c1C(=O)O. The summed E-state index contributed by atoms with van der Waals surface area (Å²) < 4.78 is 0. The Morgan fingerprint density at radius 1 is 1.04 bits per heavy atom. The van der Waals surface area contributed by atoms with E-state index in [1.807, 2.05) is 0 Å². The average Bonchev–Trinajstić information content (AvgIpc) is 2.47. The molecule has 1 aromatic heterocycles. The summed E-state index contributed by atoms with van der Waals surface area (Å²) in [5.41, 5.74) is 2.41. The third-order valence-corrected chi connectivity index (χ3v) is 4.34. The Labute approximate surface area is 147 Å². The van der Waals surface area contributed by atoms with Crippen LogP contribution in [0.5, 0.6) is 0 Å². The van der Waals surface area contributed by atoms with Crippen molar-refractivity contribution in [1.82, 2.24) is 4.98 Å². The fraction of sp³-hybridized carbons (Fsp3) is 0.0588. The Kier molecular flexibility index (Phi) is 4.19.